The molecule has 6 nitrogen and oxygen atoms in total. The fourth-order valence-electron chi connectivity index (χ4n) is 4.45. The zero-order valence-corrected chi connectivity index (χ0v) is 19.7. The van der Waals surface area contributed by atoms with Crippen LogP contribution in [0.15, 0.2) is 72.8 Å². The second kappa shape index (κ2) is 12.7. The Morgan fingerprint density at radius 2 is 1.37 bits per heavy atom. The number of nitrogens with one attached hydrogen (secondary N) is 1. The first kappa shape index (κ1) is 25.2. The van der Waals surface area contributed by atoms with Crippen LogP contribution in [-0.2, 0) is 11.4 Å². The SMILES string of the molecule is NONCCc1ccc(OCCN2CCN(C(c3ccc(F)cc3)c3ccc(F)cc3)CC2)cc1. The Kier molecular flexibility index (Phi) is 9.16. The summed E-state index contributed by atoms with van der Waals surface area (Å²) in [6.07, 6.45) is 0.818. The Balaban J connectivity index is 1.28. The minimum absolute atomic E-state index is 0.0419. The smallest absolute Gasteiger partial charge is 0.123 e. The minimum Gasteiger partial charge on any atom is -0.492 e. The monoisotopic (exact) mass is 482 g/mol. The predicted molar refractivity (Wildman–Crippen MR) is 132 cm³/mol. The van der Waals surface area contributed by atoms with E-state index >= 15 is 0 Å². The van der Waals surface area contributed by atoms with E-state index in [0.29, 0.717) is 13.2 Å². The van der Waals surface area contributed by atoms with Crippen LogP contribution in [0.1, 0.15) is 22.7 Å². The molecule has 0 amide bonds. The van der Waals surface area contributed by atoms with Crippen LogP contribution in [-0.4, -0.2) is 55.7 Å². The Hall–Kier alpha value is -2.88. The van der Waals surface area contributed by atoms with Gasteiger partial charge in [-0.1, -0.05) is 36.4 Å². The fraction of sp³-hybridized carbons (Fsp3) is 0.333. The number of nitrogens with two attached hydrogens (primary N) is 1. The zero-order valence-electron chi connectivity index (χ0n) is 19.7. The van der Waals surface area contributed by atoms with Crippen LogP contribution in [0.3, 0.4) is 0 Å². The van der Waals surface area contributed by atoms with Gasteiger partial charge in [0.1, 0.15) is 24.0 Å². The van der Waals surface area contributed by atoms with Gasteiger partial charge in [-0.15, -0.1) is 0 Å². The van der Waals surface area contributed by atoms with E-state index in [2.05, 4.69) is 20.2 Å². The molecule has 1 aliphatic heterocycles. The van der Waals surface area contributed by atoms with Crippen LogP contribution in [0.2, 0.25) is 0 Å². The van der Waals surface area contributed by atoms with Crippen LogP contribution < -0.4 is 16.1 Å². The highest BCUT2D eigenvalue weighted by atomic mass is 19.1. The number of hydroxylamine groups is 1. The Labute approximate surface area is 205 Å². The molecule has 1 saturated heterocycles. The number of benzene rings is 3. The molecule has 0 saturated carbocycles. The normalized spacial score (nSPS) is 15.0. The van der Waals surface area contributed by atoms with Crippen LogP contribution >= 0.6 is 0 Å². The summed E-state index contributed by atoms with van der Waals surface area (Å²) in [5.74, 6) is 5.29. The zero-order chi connectivity index (χ0) is 24.5. The molecule has 0 radical (unpaired) electrons. The van der Waals surface area contributed by atoms with Gasteiger partial charge in [0, 0.05) is 39.3 Å². The average Bonchev–Trinajstić information content (AvgIpc) is 2.88. The number of rotatable bonds is 11. The number of halogens is 2. The Morgan fingerprint density at radius 3 is 1.91 bits per heavy atom. The Morgan fingerprint density at radius 1 is 0.800 bits per heavy atom. The molecule has 0 aliphatic carbocycles. The second-order valence-electron chi connectivity index (χ2n) is 8.64. The van der Waals surface area contributed by atoms with Gasteiger partial charge in [0.25, 0.3) is 0 Å². The van der Waals surface area contributed by atoms with Crippen molar-refractivity contribution in [2.45, 2.75) is 12.5 Å². The first-order chi connectivity index (χ1) is 17.1. The van der Waals surface area contributed by atoms with Crippen molar-refractivity contribution in [3.63, 3.8) is 0 Å². The van der Waals surface area contributed by atoms with Crippen molar-refractivity contribution in [3.05, 3.63) is 101 Å². The van der Waals surface area contributed by atoms with E-state index in [1.165, 1.54) is 29.8 Å². The van der Waals surface area contributed by atoms with Gasteiger partial charge in [-0.25, -0.2) is 13.7 Å². The van der Waals surface area contributed by atoms with E-state index in [1.807, 2.05) is 48.5 Å². The van der Waals surface area contributed by atoms with Crippen molar-refractivity contribution >= 4 is 0 Å². The van der Waals surface area contributed by atoms with E-state index < -0.39 is 0 Å². The lowest BCUT2D eigenvalue weighted by atomic mass is 9.96. The first-order valence-corrected chi connectivity index (χ1v) is 11.9. The topological polar surface area (TPSA) is 63.0 Å². The molecule has 3 aromatic carbocycles. The number of nitrogens with zero attached hydrogens (tertiary/aromatic N) is 2. The van der Waals surface area contributed by atoms with Crippen molar-refractivity contribution in [2.24, 2.45) is 5.90 Å². The lowest BCUT2D eigenvalue weighted by Crippen LogP contribution is -2.48. The number of piperazine rings is 1. The summed E-state index contributed by atoms with van der Waals surface area (Å²) < 4.78 is 33.0. The Bertz CT molecular complexity index is 979. The molecule has 1 aliphatic rings. The van der Waals surface area contributed by atoms with Crippen molar-refractivity contribution in [2.75, 3.05) is 45.9 Å². The molecule has 35 heavy (non-hydrogen) atoms. The van der Waals surface area contributed by atoms with Crippen LogP contribution in [0.5, 0.6) is 5.75 Å². The van der Waals surface area contributed by atoms with E-state index in [4.69, 9.17) is 10.6 Å². The van der Waals surface area contributed by atoms with Crippen molar-refractivity contribution in [3.8, 4) is 5.75 Å². The number of hydrogen-bond donors (Lipinski definition) is 2. The highest BCUT2D eigenvalue weighted by Gasteiger charge is 2.26. The molecule has 0 bridgehead atoms. The van der Waals surface area contributed by atoms with Crippen LogP contribution in [0.25, 0.3) is 0 Å². The molecule has 4 rings (SSSR count). The van der Waals surface area contributed by atoms with Crippen LogP contribution in [0.4, 0.5) is 8.78 Å². The molecule has 1 fully saturated rings. The average molecular weight is 483 g/mol. The minimum atomic E-state index is -0.260. The number of hydrogen-bond acceptors (Lipinski definition) is 6. The third-order valence-electron chi connectivity index (χ3n) is 6.34. The quantitative estimate of drug-likeness (QED) is 0.321. The third kappa shape index (κ3) is 7.30. The summed E-state index contributed by atoms with van der Waals surface area (Å²) >= 11 is 0. The molecule has 0 atom stereocenters. The molecule has 0 aromatic heterocycles. The summed E-state index contributed by atoms with van der Waals surface area (Å²) in [4.78, 5) is 9.12. The summed E-state index contributed by atoms with van der Waals surface area (Å²) in [5, 5.41) is 0. The van der Waals surface area contributed by atoms with Gasteiger partial charge >= 0.3 is 0 Å². The maximum Gasteiger partial charge on any atom is 0.123 e. The fourth-order valence-corrected chi connectivity index (χ4v) is 4.45. The summed E-state index contributed by atoms with van der Waals surface area (Å²) in [5.41, 5.74) is 5.81. The highest BCUT2D eigenvalue weighted by Crippen LogP contribution is 2.30. The molecule has 3 aromatic rings. The molecule has 186 valence electrons. The molecule has 3 N–H and O–H groups in total. The maximum atomic E-state index is 13.5. The van der Waals surface area contributed by atoms with Crippen LogP contribution in [0, 0.1) is 11.6 Å². The van der Waals surface area contributed by atoms with Crippen molar-refractivity contribution in [1.82, 2.24) is 15.3 Å². The molecule has 8 heteroatoms. The molecular formula is C27H32F2N4O2. The maximum absolute atomic E-state index is 13.5. The van der Waals surface area contributed by atoms with Gasteiger partial charge < -0.3 is 4.74 Å². The number of ether oxygens (including phenoxy) is 1. The van der Waals surface area contributed by atoms with E-state index in [9.17, 15) is 8.78 Å². The van der Waals surface area contributed by atoms with E-state index in [0.717, 1.165) is 56.0 Å². The van der Waals surface area contributed by atoms with E-state index in [1.54, 1.807) is 0 Å². The van der Waals surface area contributed by atoms with Gasteiger partial charge in [-0.2, -0.15) is 11.4 Å². The van der Waals surface area contributed by atoms with Gasteiger partial charge in [-0.3, -0.25) is 9.80 Å². The van der Waals surface area contributed by atoms with Crippen molar-refractivity contribution < 1.29 is 18.5 Å². The first-order valence-electron chi connectivity index (χ1n) is 11.9. The van der Waals surface area contributed by atoms with Gasteiger partial charge in [0.15, 0.2) is 0 Å². The van der Waals surface area contributed by atoms with E-state index in [-0.39, 0.29) is 17.7 Å². The molecule has 1 heterocycles. The standard InChI is InChI=1S/C27H32F2N4O2/c28-24-7-3-22(4-8-24)27(23-5-9-25(29)10-6-23)33-17-15-32(16-18-33)19-20-34-26-11-1-21(2-12-26)13-14-31-35-30/h1-12,27,31H,13-20,30H2. The summed E-state index contributed by atoms with van der Waals surface area (Å²) in [6, 6.07) is 21.2. The third-order valence-corrected chi connectivity index (χ3v) is 6.34. The van der Waals surface area contributed by atoms with Gasteiger partial charge in [-0.05, 0) is 59.5 Å². The van der Waals surface area contributed by atoms with Crippen molar-refractivity contribution in [1.29, 1.82) is 0 Å². The molecule has 0 spiro atoms. The second-order valence-corrected chi connectivity index (χ2v) is 8.64. The van der Waals surface area contributed by atoms with Gasteiger partial charge in [0.05, 0.1) is 6.04 Å². The summed E-state index contributed by atoms with van der Waals surface area (Å²) in [6.45, 7) is 5.61. The summed E-state index contributed by atoms with van der Waals surface area (Å²) in [7, 11) is 0. The van der Waals surface area contributed by atoms with Gasteiger partial charge in [0.2, 0.25) is 0 Å². The lowest BCUT2D eigenvalue weighted by molar-refractivity contribution is 0.0418. The molecule has 0 unspecified atom stereocenters. The highest BCUT2D eigenvalue weighted by molar-refractivity contribution is 5.32. The molecular weight excluding hydrogens is 450 g/mol. The predicted octanol–water partition coefficient (Wildman–Crippen LogP) is 3.69. The lowest BCUT2D eigenvalue weighted by Gasteiger charge is -2.39. The largest absolute Gasteiger partial charge is 0.492 e.